The first-order valence-corrected chi connectivity index (χ1v) is 8.69. The highest BCUT2D eigenvalue weighted by molar-refractivity contribution is 5.69. The number of hydrogen-bond acceptors (Lipinski definition) is 3. The van der Waals surface area contributed by atoms with Crippen molar-refractivity contribution >= 4 is 6.09 Å². The average molecular weight is 321 g/mol. The Kier molecular flexibility index (Phi) is 5.74. The van der Waals surface area contributed by atoms with Crippen LogP contribution in [0.4, 0.5) is 4.79 Å². The lowest BCUT2D eigenvalue weighted by molar-refractivity contribution is 0.0382. The number of carbonyl (C=O) groups is 1. The van der Waals surface area contributed by atoms with Crippen LogP contribution in [-0.4, -0.2) is 28.3 Å². The van der Waals surface area contributed by atoms with E-state index in [1.807, 2.05) is 20.8 Å². The van der Waals surface area contributed by atoms with Gasteiger partial charge in [0.25, 0.3) is 0 Å². The molecular weight excluding hydrogens is 290 g/mol. The molecule has 0 unspecified atom stereocenters. The standard InChI is InChI=1S/C18H31N3O2/c1-5-11-21-12-6-8-15(21)13-19-14-18(9-7-10-18)20-16(22)23-17(2,3)4/h6,8,12,19H,5,7,9-11,13-14H2,1-4H3,(H,20,22). The Bertz CT molecular complexity index is 513. The van der Waals surface area contributed by atoms with Gasteiger partial charge in [0.2, 0.25) is 0 Å². The van der Waals surface area contributed by atoms with Crippen LogP contribution in [0.3, 0.4) is 0 Å². The summed E-state index contributed by atoms with van der Waals surface area (Å²) in [5.41, 5.74) is 0.687. The minimum absolute atomic E-state index is 0.148. The fourth-order valence-electron chi connectivity index (χ4n) is 2.97. The van der Waals surface area contributed by atoms with E-state index < -0.39 is 5.60 Å². The number of amides is 1. The minimum atomic E-state index is -0.455. The third-order valence-electron chi connectivity index (χ3n) is 4.23. The molecule has 0 aromatic carbocycles. The van der Waals surface area contributed by atoms with Gasteiger partial charge in [0.1, 0.15) is 5.60 Å². The number of ether oxygens (including phenoxy) is 1. The Balaban J connectivity index is 1.82. The summed E-state index contributed by atoms with van der Waals surface area (Å²) < 4.78 is 7.67. The average Bonchev–Trinajstić information content (AvgIpc) is 2.81. The minimum Gasteiger partial charge on any atom is -0.444 e. The molecule has 2 N–H and O–H groups in total. The Morgan fingerprint density at radius 1 is 1.39 bits per heavy atom. The molecule has 1 aromatic rings. The summed E-state index contributed by atoms with van der Waals surface area (Å²) in [7, 11) is 0. The molecule has 5 heteroatoms. The number of nitrogens with one attached hydrogen (secondary N) is 2. The van der Waals surface area contributed by atoms with E-state index in [2.05, 4.69) is 40.5 Å². The van der Waals surface area contributed by atoms with E-state index in [0.717, 1.165) is 45.3 Å². The maximum absolute atomic E-state index is 12.0. The van der Waals surface area contributed by atoms with E-state index in [0.29, 0.717) is 0 Å². The zero-order chi connectivity index (χ0) is 16.9. The van der Waals surface area contributed by atoms with Gasteiger partial charge in [-0.1, -0.05) is 6.92 Å². The molecule has 1 fully saturated rings. The van der Waals surface area contributed by atoms with Crippen LogP contribution < -0.4 is 10.6 Å². The molecule has 23 heavy (non-hydrogen) atoms. The summed E-state index contributed by atoms with van der Waals surface area (Å²) in [5.74, 6) is 0. The summed E-state index contributed by atoms with van der Waals surface area (Å²) in [6, 6.07) is 4.24. The Hall–Kier alpha value is -1.49. The van der Waals surface area contributed by atoms with Crippen LogP contribution in [0.15, 0.2) is 18.3 Å². The Labute approximate surface area is 139 Å². The normalized spacial score (nSPS) is 16.7. The lowest BCUT2D eigenvalue weighted by Crippen LogP contribution is -2.59. The maximum Gasteiger partial charge on any atom is 0.408 e. The Morgan fingerprint density at radius 3 is 2.70 bits per heavy atom. The van der Waals surface area contributed by atoms with Gasteiger partial charge in [-0.05, 0) is 58.6 Å². The number of rotatable bonds is 7. The number of hydrogen-bond donors (Lipinski definition) is 2. The van der Waals surface area contributed by atoms with Gasteiger partial charge >= 0.3 is 6.09 Å². The van der Waals surface area contributed by atoms with Crippen LogP contribution in [0, 0.1) is 0 Å². The smallest absolute Gasteiger partial charge is 0.408 e. The molecular formula is C18H31N3O2. The van der Waals surface area contributed by atoms with Crippen LogP contribution in [0.25, 0.3) is 0 Å². The number of nitrogens with zero attached hydrogens (tertiary/aromatic N) is 1. The third-order valence-corrected chi connectivity index (χ3v) is 4.23. The summed E-state index contributed by atoms with van der Waals surface area (Å²) >= 11 is 0. The molecule has 0 saturated heterocycles. The van der Waals surface area contributed by atoms with E-state index in [9.17, 15) is 4.79 Å². The first-order chi connectivity index (χ1) is 10.8. The molecule has 5 nitrogen and oxygen atoms in total. The summed E-state index contributed by atoms with van der Waals surface area (Å²) in [5, 5.41) is 6.58. The van der Waals surface area contributed by atoms with Gasteiger partial charge in [-0.2, -0.15) is 0 Å². The van der Waals surface area contributed by atoms with E-state index in [-0.39, 0.29) is 11.6 Å². The first kappa shape index (κ1) is 17.9. The maximum atomic E-state index is 12.0. The lowest BCUT2D eigenvalue weighted by Gasteiger charge is -2.42. The summed E-state index contributed by atoms with van der Waals surface area (Å²) in [6.07, 6.45) is 6.12. The van der Waals surface area contributed by atoms with Crippen LogP contribution in [0.2, 0.25) is 0 Å². The monoisotopic (exact) mass is 321 g/mol. The van der Waals surface area contributed by atoms with E-state index in [1.165, 1.54) is 5.69 Å². The zero-order valence-electron chi connectivity index (χ0n) is 14.9. The highest BCUT2D eigenvalue weighted by Crippen LogP contribution is 2.31. The molecule has 130 valence electrons. The second-order valence-corrected chi connectivity index (χ2v) is 7.56. The van der Waals surface area contributed by atoms with Gasteiger partial charge in [-0.25, -0.2) is 4.79 Å². The van der Waals surface area contributed by atoms with Crippen molar-refractivity contribution in [3.05, 3.63) is 24.0 Å². The molecule has 2 rings (SSSR count). The molecule has 1 aliphatic carbocycles. The number of alkyl carbamates (subject to hydrolysis) is 1. The largest absolute Gasteiger partial charge is 0.444 e. The van der Waals surface area contributed by atoms with E-state index in [4.69, 9.17) is 4.74 Å². The molecule has 1 amide bonds. The van der Waals surface area contributed by atoms with Crippen LogP contribution in [-0.2, 0) is 17.8 Å². The van der Waals surface area contributed by atoms with Gasteiger partial charge in [0, 0.05) is 31.5 Å². The van der Waals surface area contributed by atoms with E-state index in [1.54, 1.807) is 0 Å². The quantitative estimate of drug-likeness (QED) is 0.809. The highest BCUT2D eigenvalue weighted by Gasteiger charge is 2.39. The second-order valence-electron chi connectivity index (χ2n) is 7.56. The van der Waals surface area contributed by atoms with Crippen molar-refractivity contribution in [1.29, 1.82) is 0 Å². The third kappa shape index (κ3) is 5.27. The van der Waals surface area contributed by atoms with E-state index >= 15 is 0 Å². The second kappa shape index (κ2) is 7.39. The molecule has 0 spiro atoms. The molecule has 1 heterocycles. The number of aromatic nitrogens is 1. The van der Waals surface area contributed by atoms with Crippen molar-refractivity contribution in [2.24, 2.45) is 0 Å². The Morgan fingerprint density at radius 2 is 2.13 bits per heavy atom. The molecule has 0 radical (unpaired) electrons. The fraction of sp³-hybridized carbons (Fsp3) is 0.722. The summed E-state index contributed by atoms with van der Waals surface area (Å²) in [4.78, 5) is 12.0. The van der Waals surface area contributed by atoms with Crippen molar-refractivity contribution in [1.82, 2.24) is 15.2 Å². The topological polar surface area (TPSA) is 55.3 Å². The molecule has 1 saturated carbocycles. The molecule has 1 aliphatic rings. The van der Waals surface area contributed by atoms with Gasteiger partial charge < -0.3 is 19.9 Å². The first-order valence-electron chi connectivity index (χ1n) is 8.69. The SMILES string of the molecule is CCCn1cccc1CNCC1(NC(=O)OC(C)(C)C)CCC1. The molecule has 0 bridgehead atoms. The summed E-state index contributed by atoms with van der Waals surface area (Å²) in [6.45, 7) is 10.5. The van der Waals surface area contributed by atoms with Crippen molar-refractivity contribution in [3.63, 3.8) is 0 Å². The fourth-order valence-corrected chi connectivity index (χ4v) is 2.97. The van der Waals surface area contributed by atoms with Gasteiger partial charge in [-0.15, -0.1) is 0 Å². The van der Waals surface area contributed by atoms with Gasteiger partial charge in [0.15, 0.2) is 0 Å². The predicted molar refractivity (Wildman–Crippen MR) is 92.4 cm³/mol. The van der Waals surface area contributed by atoms with Crippen molar-refractivity contribution < 1.29 is 9.53 Å². The van der Waals surface area contributed by atoms with Crippen molar-refractivity contribution in [2.75, 3.05) is 6.54 Å². The predicted octanol–water partition coefficient (Wildman–Crippen LogP) is 3.44. The highest BCUT2D eigenvalue weighted by atomic mass is 16.6. The van der Waals surface area contributed by atoms with Crippen LogP contribution in [0.5, 0.6) is 0 Å². The van der Waals surface area contributed by atoms with Crippen LogP contribution in [0.1, 0.15) is 59.1 Å². The zero-order valence-corrected chi connectivity index (χ0v) is 14.9. The van der Waals surface area contributed by atoms with Crippen molar-refractivity contribution in [3.8, 4) is 0 Å². The number of carbonyl (C=O) groups excluding carboxylic acids is 1. The number of aryl methyl sites for hydroxylation is 1. The van der Waals surface area contributed by atoms with Crippen molar-refractivity contribution in [2.45, 2.75) is 77.6 Å². The van der Waals surface area contributed by atoms with Gasteiger partial charge in [0.05, 0.1) is 5.54 Å². The lowest BCUT2D eigenvalue weighted by atomic mass is 9.76. The molecule has 1 aromatic heterocycles. The van der Waals surface area contributed by atoms with Crippen LogP contribution >= 0.6 is 0 Å². The van der Waals surface area contributed by atoms with Gasteiger partial charge in [-0.3, -0.25) is 0 Å². The molecule has 0 aliphatic heterocycles. The molecule has 0 atom stereocenters.